The van der Waals surface area contributed by atoms with Crippen LogP contribution >= 0.6 is 0 Å². The normalized spacial score (nSPS) is 18.3. The molecule has 0 spiro atoms. The van der Waals surface area contributed by atoms with Gasteiger partial charge in [0.1, 0.15) is 5.82 Å². The van der Waals surface area contributed by atoms with Crippen molar-refractivity contribution in [2.45, 2.75) is 18.9 Å². The van der Waals surface area contributed by atoms with E-state index >= 15 is 0 Å². The summed E-state index contributed by atoms with van der Waals surface area (Å²) in [6, 6.07) is 15.9. The molecule has 0 bridgehead atoms. The highest BCUT2D eigenvalue weighted by molar-refractivity contribution is 5.55. The van der Waals surface area contributed by atoms with Crippen LogP contribution in [0.5, 0.6) is 0 Å². The van der Waals surface area contributed by atoms with Crippen LogP contribution < -0.4 is 5.32 Å². The lowest BCUT2D eigenvalue weighted by Crippen LogP contribution is -2.18. The summed E-state index contributed by atoms with van der Waals surface area (Å²) < 4.78 is 13.6. The van der Waals surface area contributed by atoms with Gasteiger partial charge in [-0.05, 0) is 30.5 Å². The summed E-state index contributed by atoms with van der Waals surface area (Å²) in [7, 11) is 0. The van der Waals surface area contributed by atoms with Crippen LogP contribution in [-0.2, 0) is 6.42 Å². The zero-order valence-corrected chi connectivity index (χ0v) is 9.49. The fraction of sp³-hybridized carbons (Fsp3) is 0.200. The van der Waals surface area contributed by atoms with Crippen molar-refractivity contribution < 1.29 is 4.39 Å². The fourth-order valence-corrected chi connectivity index (χ4v) is 2.43. The third kappa shape index (κ3) is 1.91. The lowest BCUT2D eigenvalue weighted by atomic mass is 9.93. The predicted octanol–water partition coefficient (Wildman–Crippen LogP) is 3.93. The number of fused-ring (bicyclic) bond motifs is 1. The number of benzene rings is 2. The second-order valence-electron chi connectivity index (χ2n) is 4.41. The molecule has 0 saturated heterocycles. The van der Waals surface area contributed by atoms with E-state index in [-0.39, 0.29) is 5.82 Å². The molecule has 1 unspecified atom stereocenters. The van der Waals surface area contributed by atoms with Crippen LogP contribution in [-0.4, -0.2) is 0 Å². The van der Waals surface area contributed by atoms with Crippen molar-refractivity contribution in [2.24, 2.45) is 0 Å². The highest BCUT2D eigenvalue weighted by Gasteiger charge is 2.20. The molecule has 0 aliphatic carbocycles. The summed E-state index contributed by atoms with van der Waals surface area (Å²) in [5.41, 5.74) is 3.02. The van der Waals surface area contributed by atoms with Crippen LogP contribution in [0.25, 0.3) is 0 Å². The van der Waals surface area contributed by atoms with E-state index in [1.165, 1.54) is 11.6 Å². The van der Waals surface area contributed by atoms with Gasteiger partial charge in [0.25, 0.3) is 0 Å². The first-order valence-corrected chi connectivity index (χ1v) is 5.93. The number of nitrogens with one attached hydrogen (secondary N) is 1. The van der Waals surface area contributed by atoms with Crippen LogP contribution in [0.1, 0.15) is 23.6 Å². The van der Waals surface area contributed by atoms with Crippen molar-refractivity contribution >= 4 is 5.69 Å². The maximum atomic E-state index is 13.6. The number of halogens is 1. The minimum absolute atomic E-state index is 0.0958. The first kappa shape index (κ1) is 10.3. The van der Waals surface area contributed by atoms with Gasteiger partial charge in [-0.25, -0.2) is 4.39 Å². The van der Waals surface area contributed by atoms with Crippen molar-refractivity contribution in [2.75, 3.05) is 5.32 Å². The Bertz CT molecular complexity index is 522. The van der Waals surface area contributed by atoms with Gasteiger partial charge in [-0.1, -0.05) is 36.4 Å². The molecule has 3 rings (SSSR count). The number of hydrogen-bond acceptors (Lipinski definition) is 1. The van der Waals surface area contributed by atoms with E-state index in [9.17, 15) is 4.39 Å². The largest absolute Gasteiger partial charge is 0.378 e. The van der Waals surface area contributed by atoms with E-state index in [1.54, 1.807) is 6.07 Å². The monoisotopic (exact) mass is 227 g/mol. The SMILES string of the molecule is Fc1cccc2c1CCC(c1ccccc1)N2. The van der Waals surface area contributed by atoms with Gasteiger partial charge in [0.2, 0.25) is 0 Å². The minimum Gasteiger partial charge on any atom is -0.378 e. The molecule has 0 saturated carbocycles. The van der Waals surface area contributed by atoms with Gasteiger partial charge in [-0.2, -0.15) is 0 Å². The molecule has 0 radical (unpaired) electrons. The third-order valence-electron chi connectivity index (χ3n) is 3.33. The molecule has 2 aromatic carbocycles. The van der Waals surface area contributed by atoms with Crippen molar-refractivity contribution in [3.05, 3.63) is 65.5 Å². The summed E-state index contributed by atoms with van der Waals surface area (Å²) in [5, 5.41) is 3.41. The molecule has 17 heavy (non-hydrogen) atoms. The molecule has 1 aliphatic heterocycles. The Morgan fingerprint density at radius 3 is 2.65 bits per heavy atom. The average molecular weight is 227 g/mol. The molecular formula is C15H14FN. The number of rotatable bonds is 1. The maximum absolute atomic E-state index is 13.6. The molecule has 2 aromatic rings. The van der Waals surface area contributed by atoms with Crippen molar-refractivity contribution in [3.63, 3.8) is 0 Å². The first-order valence-electron chi connectivity index (χ1n) is 5.93. The Hall–Kier alpha value is -1.83. The molecule has 0 amide bonds. The van der Waals surface area contributed by atoms with Crippen LogP contribution in [0, 0.1) is 5.82 Å². The van der Waals surface area contributed by atoms with Gasteiger partial charge in [-0.3, -0.25) is 0 Å². The summed E-state index contributed by atoms with van der Waals surface area (Å²) in [6.45, 7) is 0. The summed E-state index contributed by atoms with van der Waals surface area (Å²) >= 11 is 0. The Balaban J connectivity index is 1.91. The molecular weight excluding hydrogens is 213 g/mol. The molecule has 1 heterocycles. The molecule has 0 aromatic heterocycles. The number of anilines is 1. The molecule has 1 nitrogen and oxygen atoms in total. The second kappa shape index (κ2) is 4.21. The van der Waals surface area contributed by atoms with Crippen LogP contribution in [0.2, 0.25) is 0 Å². The number of hydrogen-bond donors (Lipinski definition) is 1. The van der Waals surface area contributed by atoms with Crippen LogP contribution in [0.15, 0.2) is 48.5 Å². The Labute approximate surface area is 100 Å². The highest BCUT2D eigenvalue weighted by atomic mass is 19.1. The highest BCUT2D eigenvalue weighted by Crippen LogP contribution is 2.33. The van der Waals surface area contributed by atoms with Gasteiger partial charge in [-0.15, -0.1) is 0 Å². The van der Waals surface area contributed by atoms with Crippen LogP contribution in [0.4, 0.5) is 10.1 Å². The molecule has 1 atom stereocenters. The van der Waals surface area contributed by atoms with Gasteiger partial charge in [0, 0.05) is 11.3 Å². The zero-order valence-electron chi connectivity index (χ0n) is 9.49. The average Bonchev–Trinajstić information content (AvgIpc) is 2.40. The topological polar surface area (TPSA) is 12.0 Å². The minimum atomic E-state index is -0.0958. The maximum Gasteiger partial charge on any atom is 0.128 e. The van der Waals surface area contributed by atoms with Gasteiger partial charge >= 0.3 is 0 Å². The molecule has 1 N–H and O–H groups in total. The summed E-state index contributed by atoms with van der Waals surface area (Å²) in [6.07, 6.45) is 1.74. The first-order chi connectivity index (χ1) is 8.34. The molecule has 86 valence electrons. The zero-order chi connectivity index (χ0) is 11.7. The van der Waals surface area contributed by atoms with Crippen molar-refractivity contribution in [1.82, 2.24) is 0 Å². The fourth-order valence-electron chi connectivity index (χ4n) is 2.43. The Morgan fingerprint density at radius 2 is 1.82 bits per heavy atom. The summed E-state index contributed by atoms with van der Waals surface area (Å²) in [4.78, 5) is 0. The van der Waals surface area contributed by atoms with E-state index in [2.05, 4.69) is 17.4 Å². The van der Waals surface area contributed by atoms with Gasteiger partial charge in [0.15, 0.2) is 0 Å². The van der Waals surface area contributed by atoms with E-state index < -0.39 is 0 Å². The molecule has 0 fully saturated rings. The predicted molar refractivity (Wildman–Crippen MR) is 67.5 cm³/mol. The van der Waals surface area contributed by atoms with Crippen LogP contribution in [0.3, 0.4) is 0 Å². The van der Waals surface area contributed by atoms with Gasteiger partial charge in [0.05, 0.1) is 6.04 Å². The van der Waals surface area contributed by atoms with E-state index in [0.29, 0.717) is 6.04 Å². The van der Waals surface area contributed by atoms with E-state index in [0.717, 1.165) is 24.1 Å². The third-order valence-corrected chi connectivity index (χ3v) is 3.33. The van der Waals surface area contributed by atoms with Crippen molar-refractivity contribution in [3.8, 4) is 0 Å². The second-order valence-corrected chi connectivity index (χ2v) is 4.41. The Morgan fingerprint density at radius 1 is 1.00 bits per heavy atom. The smallest absolute Gasteiger partial charge is 0.128 e. The lowest BCUT2D eigenvalue weighted by molar-refractivity contribution is 0.582. The van der Waals surface area contributed by atoms with Gasteiger partial charge < -0.3 is 5.32 Å². The molecule has 2 heteroatoms. The standard InChI is InChI=1S/C15H14FN/c16-13-7-4-8-15-12(13)9-10-14(17-15)11-5-2-1-3-6-11/h1-8,14,17H,9-10H2. The van der Waals surface area contributed by atoms with E-state index in [4.69, 9.17) is 0 Å². The quantitative estimate of drug-likeness (QED) is 0.778. The van der Waals surface area contributed by atoms with E-state index in [1.807, 2.05) is 24.3 Å². The lowest BCUT2D eigenvalue weighted by Gasteiger charge is -2.27. The summed E-state index contributed by atoms with van der Waals surface area (Å²) in [5.74, 6) is -0.0958. The molecule has 1 aliphatic rings. The Kier molecular flexibility index (Phi) is 2.56. The van der Waals surface area contributed by atoms with Crippen molar-refractivity contribution in [1.29, 1.82) is 0 Å².